The van der Waals surface area contributed by atoms with Crippen molar-refractivity contribution in [1.29, 1.82) is 0 Å². The number of aryl methyl sites for hydroxylation is 2. The zero-order chi connectivity index (χ0) is 40.4. The lowest BCUT2D eigenvalue weighted by atomic mass is 9.71. The minimum atomic E-state index is -0.619. The summed E-state index contributed by atoms with van der Waals surface area (Å²) in [6.45, 7) is 15.8. The molecule has 56 heavy (non-hydrogen) atoms. The predicted octanol–water partition coefficient (Wildman–Crippen LogP) is 7.65. The average molecular weight is 771 g/mol. The second-order valence-electron chi connectivity index (χ2n) is 17.6. The van der Waals surface area contributed by atoms with Crippen LogP contribution in [0, 0.1) is 24.7 Å². The number of likely N-dealkylation sites (tertiary alicyclic amines) is 2. The number of anilines is 2. The van der Waals surface area contributed by atoms with Crippen LogP contribution in [0.15, 0.2) is 54.8 Å². The number of carbonyl (C=O) groups excluding carboxylic acids is 2. The maximum Gasteiger partial charge on any atom is 0.360 e. The Balaban J connectivity index is 1.01. The Bertz CT molecular complexity index is 2190. The summed E-state index contributed by atoms with van der Waals surface area (Å²) in [6.07, 6.45) is 5.48. The van der Waals surface area contributed by atoms with Gasteiger partial charge in [0.15, 0.2) is 0 Å². The number of nitrogens with one attached hydrogen (secondary N) is 2. The number of fused-ring (bicyclic) bond motifs is 2. The molecule has 2 aromatic carbocycles. The highest BCUT2D eigenvalue weighted by atomic mass is 16.5. The van der Waals surface area contributed by atoms with E-state index in [0.29, 0.717) is 46.3 Å². The quantitative estimate of drug-likeness (QED) is 0.130. The zero-order valence-electron chi connectivity index (χ0n) is 34.3. The Hall–Kier alpha value is -4.68. The van der Waals surface area contributed by atoms with Crippen molar-refractivity contribution in [3.8, 4) is 11.5 Å². The molecule has 2 N–H and O–H groups in total. The third-order valence-corrected chi connectivity index (χ3v) is 11.3. The number of carbonyl (C=O) groups is 2. The summed E-state index contributed by atoms with van der Waals surface area (Å²) in [6, 6.07) is 10.8. The van der Waals surface area contributed by atoms with Gasteiger partial charge >= 0.3 is 11.3 Å². The minimum Gasteiger partial charge on any atom is -0.490 e. The maximum atomic E-state index is 13.3. The van der Waals surface area contributed by atoms with Gasteiger partial charge in [-0.25, -0.2) is 9.59 Å². The number of hydrogen-bond acceptors (Lipinski definition) is 10. The van der Waals surface area contributed by atoms with Crippen molar-refractivity contribution in [2.24, 2.45) is 10.8 Å². The second kappa shape index (κ2) is 16.8. The van der Waals surface area contributed by atoms with E-state index in [-0.39, 0.29) is 53.7 Å². The van der Waals surface area contributed by atoms with Crippen molar-refractivity contribution >= 4 is 45.1 Å². The van der Waals surface area contributed by atoms with E-state index in [2.05, 4.69) is 48.4 Å². The molecule has 2 aliphatic heterocycles. The first-order valence-electron chi connectivity index (χ1n) is 19.9. The smallest absolute Gasteiger partial charge is 0.360 e. The van der Waals surface area contributed by atoms with Crippen molar-refractivity contribution in [2.45, 2.75) is 105 Å². The number of nitrogens with zero attached hydrogens (tertiary/aromatic N) is 2. The van der Waals surface area contributed by atoms with Crippen LogP contribution in [0.3, 0.4) is 0 Å². The van der Waals surface area contributed by atoms with Crippen LogP contribution in [0.25, 0.3) is 21.9 Å². The van der Waals surface area contributed by atoms with E-state index in [1.54, 1.807) is 12.1 Å². The molecule has 0 unspecified atom stereocenters. The van der Waals surface area contributed by atoms with Crippen molar-refractivity contribution < 1.29 is 27.9 Å². The molecular weight excluding hydrogens is 713 g/mol. The predicted molar refractivity (Wildman–Crippen MR) is 220 cm³/mol. The topological polar surface area (TPSA) is 144 Å². The van der Waals surface area contributed by atoms with Crippen LogP contribution >= 0.6 is 0 Å². The Kier molecular flexibility index (Phi) is 12.3. The molecule has 2 amide bonds. The van der Waals surface area contributed by atoms with Crippen LogP contribution in [0.4, 0.5) is 11.4 Å². The Morgan fingerprint density at radius 1 is 0.696 bits per heavy atom. The van der Waals surface area contributed by atoms with E-state index in [0.717, 1.165) is 63.0 Å². The summed E-state index contributed by atoms with van der Waals surface area (Å²) in [5.74, 6) is 0.809. The van der Waals surface area contributed by atoms with E-state index < -0.39 is 16.7 Å². The fourth-order valence-electron chi connectivity index (χ4n) is 8.35. The van der Waals surface area contributed by atoms with Gasteiger partial charge in [-0.2, -0.15) is 0 Å². The summed E-state index contributed by atoms with van der Waals surface area (Å²) in [4.78, 5) is 56.9. The average Bonchev–Trinajstić information content (AvgIpc) is 3.12. The number of benzene rings is 2. The molecule has 12 heteroatoms. The summed E-state index contributed by atoms with van der Waals surface area (Å²) < 4.78 is 24.0. The third kappa shape index (κ3) is 10.2. The number of ether oxygens (including phenoxy) is 2. The van der Waals surface area contributed by atoms with Gasteiger partial charge in [0.1, 0.15) is 46.2 Å². The first kappa shape index (κ1) is 41.0. The standard InChI is InChI=1S/C44H58N4O8/c1-27-35(53-31-14-19-47(7)20-15-31)11-9-29-23-33(41(51)55-39(27)29)45-37(49)13-18-43(3,4)26-44(5,6)25-38(50)46-34-24-30-10-12-36(28(2)40(30)56-42(34)52)54-32-16-21-48(8)22-17-32/h9-12,23-24,31-32H,13-22,25-26H2,1-8H3,(H,45,49)(H,46,50). The van der Waals surface area contributed by atoms with E-state index >= 15 is 0 Å². The largest absolute Gasteiger partial charge is 0.490 e. The molecular formula is C44H58N4O8. The molecule has 0 spiro atoms. The van der Waals surface area contributed by atoms with Gasteiger partial charge in [0.2, 0.25) is 11.8 Å². The molecule has 4 heterocycles. The Labute approximate surface area is 328 Å². The van der Waals surface area contributed by atoms with E-state index in [9.17, 15) is 19.2 Å². The van der Waals surface area contributed by atoms with Gasteiger partial charge in [-0.15, -0.1) is 0 Å². The molecule has 6 rings (SSSR count). The van der Waals surface area contributed by atoms with Crippen LogP contribution in [-0.4, -0.2) is 74.1 Å². The highest BCUT2D eigenvalue weighted by Gasteiger charge is 2.32. The minimum absolute atomic E-state index is 0.0902. The number of piperidine rings is 2. The van der Waals surface area contributed by atoms with Gasteiger partial charge in [0, 0.05) is 60.9 Å². The highest BCUT2D eigenvalue weighted by Crippen LogP contribution is 2.40. The van der Waals surface area contributed by atoms with Gasteiger partial charge in [-0.1, -0.05) is 27.7 Å². The summed E-state index contributed by atoms with van der Waals surface area (Å²) in [7, 11) is 4.21. The fraction of sp³-hybridized carbons (Fsp3) is 0.545. The van der Waals surface area contributed by atoms with Gasteiger partial charge in [-0.05, 0) is 114 Å². The zero-order valence-corrected chi connectivity index (χ0v) is 34.3. The highest BCUT2D eigenvalue weighted by molar-refractivity contribution is 5.94. The van der Waals surface area contributed by atoms with Crippen molar-refractivity contribution in [3.05, 3.63) is 68.4 Å². The SMILES string of the molecule is Cc1c(OC2CCN(C)CC2)ccc2cc(NC(=O)CCC(C)(C)CC(C)(C)CC(=O)Nc3cc4ccc(OC5CCN(C)CC5)c(C)c4oc3=O)c(=O)oc12. The molecule has 2 aliphatic rings. The lowest BCUT2D eigenvalue weighted by Crippen LogP contribution is -2.35. The lowest BCUT2D eigenvalue weighted by Gasteiger charge is -2.34. The Morgan fingerprint density at radius 3 is 1.57 bits per heavy atom. The van der Waals surface area contributed by atoms with E-state index in [1.165, 1.54) is 0 Å². The van der Waals surface area contributed by atoms with Crippen LogP contribution < -0.4 is 31.4 Å². The van der Waals surface area contributed by atoms with Crippen molar-refractivity contribution in [2.75, 3.05) is 50.9 Å². The van der Waals surface area contributed by atoms with E-state index in [4.69, 9.17) is 18.3 Å². The summed E-state index contributed by atoms with van der Waals surface area (Å²) in [5, 5.41) is 6.93. The van der Waals surface area contributed by atoms with Crippen LogP contribution in [-0.2, 0) is 9.59 Å². The second-order valence-corrected chi connectivity index (χ2v) is 17.6. The van der Waals surface area contributed by atoms with Crippen LogP contribution in [0.2, 0.25) is 0 Å². The first-order valence-corrected chi connectivity index (χ1v) is 19.9. The van der Waals surface area contributed by atoms with Gasteiger partial charge in [0.05, 0.1) is 0 Å². The number of hydrogen-bond donors (Lipinski definition) is 2. The normalized spacial score (nSPS) is 16.6. The maximum absolute atomic E-state index is 13.3. The van der Waals surface area contributed by atoms with Gasteiger partial charge in [0.25, 0.3) is 0 Å². The fourth-order valence-corrected chi connectivity index (χ4v) is 8.35. The van der Waals surface area contributed by atoms with Gasteiger partial charge in [-0.3, -0.25) is 9.59 Å². The molecule has 0 radical (unpaired) electrons. The first-order chi connectivity index (χ1) is 26.4. The Morgan fingerprint density at radius 2 is 1.12 bits per heavy atom. The molecule has 2 aromatic heterocycles. The molecule has 302 valence electrons. The van der Waals surface area contributed by atoms with Crippen molar-refractivity contribution in [1.82, 2.24) is 9.80 Å². The number of amides is 2. The monoisotopic (exact) mass is 770 g/mol. The van der Waals surface area contributed by atoms with Gasteiger partial charge < -0.3 is 38.7 Å². The van der Waals surface area contributed by atoms with Crippen molar-refractivity contribution in [3.63, 3.8) is 0 Å². The van der Waals surface area contributed by atoms with Crippen LogP contribution in [0.5, 0.6) is 11.5 Å². The molecule has 0 saturated carbocycles. The summed E-state index contributed by atoms with van der Waals surface area (Å²) >= 11 is 0. The number of rotatable bonds is 13. The summed E-state index contributed by atoms with van der Waals surface area (Å²) in [5.41, 5.74) is 0.589. The third-order valence-electron chi connectivity index (χ3n) is 11.3. The molecule has 0 atom stereocenters. The molecule has 0 bridgehead atoms. The molecule has 4 aromatic rings. The van der Waals surface area contributed by atoms with Crippen LogP contribution in [0.1, 0.15) is 90.2 Å². The molecule has 2 saturated heterocycles. The molecule has 2 fully saturated rings. The molecule has 0 aliphatic carbocycles. The van der Waals surface area contributed by atoms with E-state index in [1.807, 2.05) is 52.0 Å². The molecule has 12 nitrogen and oxygen atoms in total. The lowest BCUT2D eigenvalue weighted by molar-refractivity contribution is -0.119.